The predicted molar refractivity (Wildman–Crippen MR) is 140 cm³/mol. The summed E-state index contributed by atoms with van der Waals surface area (Å²) in [5, 5.41) is 29.9. The molecule has 4 aromatic rings. The molecule has 0 radical (unpaired) electrons. The van der Waals surface area contributed by atoms with Gasteiger partial charge in [-0.3, -0.25) is 0 Å². The number of hydrogen-bond donors (Lipinski definition) is 3. The van der Waals surface area contributed by atoms with Crippen LogP contribution < -0.4 is 0 Å². The third-order valence-corrected chi connectivity index (χ3v) is 7.91. The Bertz CT molecular complexity index is 1460. The van der Waals surface area contributed by atoms with Crippen molar-refractivity contribution in [2.45, 2.75) is 35.9 Å². The summed E-state index contributed by atoms with van der Waals surface area (Å²) in [6, 6.07) is 6.61. The van der Waals surface area contributed by atoms with E-state index in [0.29, 0.717) is 11.3 Å². The summed E-state index contributed by atoms with van der Waals surface area (Å²) in [5.41, 5.74) is -1.87. The Morgan fingerprint density at radius 2 is 1.87 bits per heavy atom. The number of rotatable bonds is 7. The molecule has 1 aliphatic rings. The second-order valence-corrected chi connectivity index (χ2v) is 10.4. The van der Waals surface area contributed by atoms with Crippen LogP contribution in [0.15, 0.2) is 53.6 Å². The molecule has 39 heavy (non-hydrogen) atoms. The lowest BCUT2D eigenvalue weighted by Crippen LogP contribution is -2.67. The SMILES string of the molecule is OC[C@@H]1O[C@@H](S)[C@@H](OCc2cocn2)[C@](c2ccc(Cl)c(Cl)c2)(n2cc(-c3cc(F)c(Cl)c(F)c3)nn2)[C@@H]1O. The van der Waals surface area contributed by atoms with Crippen LogP contribution in [-0.2, 0) is 21.6 Å². The largest absolute Gasteiger partial charge is 0.451 e. The third-order valence-electron chi connectivity index (χ3n) is 6.42. The fraction of sp³-hybridized carbons (Fsp3) is 0.292. The van der Waals surface area contributed by atoms with Gasteiger partial charge >= 0.3 is 0 Å². The first-order chi connectivity index (χ1) is 18.7. The highest BCUT2D eigenvalue weighted by atomic mass is 35.5. The van der Waals surface area contributed by atoms with Crippen LogP contribution >= 0.6 is 47.4 Å². The highest BCUT2D eigenvalue weighted by Gasteiger charge is 2.59. The molecule has 0 saturated carbocycles. The Hall–Kier alpha value is -2.29. The third kappa shape index (κ3) is 5.04. The monoisotopic (exact) mass is 618 g/mol. The lowest BCUT2D eigenvalue weighted by molar-refractivity contribution is -0.222. The lowest BCUT2D eigenvalue weighted by atomic mass is 9.75. The van der Waals surface area contributed by atoms with Gasteiger partial charge in [0, 0.05) is 5.56 Å². The van der Waals surface area contributed by atoms with Crippen LogP contribution in [0.4, 0.5) is 8.78 Å². The number of aliphatic hydroxyl groups excluding tert-OH is 2. The Morgan fingerprint density at radius 3 is 2.51 bits per heavy atom. The minimum Gasteiger partial charge on any atom is -0.451 e. The second kappa shape index (κ2) is 11.3. The van der Waals surface area contributed by atoms with Crippen molar-refractivity contribution in [2.75, 3.05) is 6.61 Å². The molecule has 0 spiro atoms. The number of ether oxygens (including phenoxy) is 2. The van der Waals surface area contributed by atoms with Gasteiger partial charge in [-0.25, -0.2) is 18.4 Å². The molecule has 0 aliphatic carbocycles. The van der Waals surface area contributed by atoms with Gasteiger partial charge in [0.05, 0.1) is 29.5 Å². The zero-order valence-electron chi connectivity index (χ0n) is 19.6. The van der Waals surface area contributed by atoms with E-state index in [1.54, 1.807) is 6.07 Å². The fourth-order valence-corrected chi connectivity index (χ4v) is 5.47. The molecule has 5 rings (SSSR count). The first-order valence-electron chi connectivity index (χ1n) is 11.3. The van der Waals surface area contributed by atoms with Crippen LogP contribution in [0.25, 0.3) is 11.3 Å². The van der Waals surface area contributed by atoms with Crippen LogP contribution in [0.5, 0.6) is 0 Å². The molecular formula is C24H19Cl3F2N4O5S. The highest BCUT2D eigenvalue weighted by molar-refractivity contribution is 7.80. The number of thiol groups is 1. The Kier molecular flexibility index (Phi) is 8.18. The zero-order valence-corrected chi connectivity index (χ0v) is 22.7. The summed E-state index contributed by atoms with van der Waals surface area (Å²) in [4.78, 5) is 4.05. The molecule has 9 nitrogen and oxygen atoms in total. The molecule has 2 aromatic carbocycles. The van der Waals surface area contributed by atoms with Gasteiger partial charge in [0.2, 0.25) is 0 Å². The summed E-state index contributed by atoms with van der Waals surface area (Å²) < 4.78 is 46.7. The van der Waals surface area contributed by atoms with E-state index in [2.05, 4.69) is 27.9 Å². The van der Waals surface area contributed by atoms with Crippen molar-refractivity contribution in [3.8, 4) is 11.3 Å². The Morgan fingerprint density at radius 1 is 1.13 bits per heavy atom. The maximum Gasteiger partial charge on any atom is 0.180 e. The Labute approximate surface area is 240 Å². The van der Waals surface area contributed by atoms with E-state index < -0.39 is 52.6 Å². The van der Waals surface area contributed by atoms with Crippen molar-refractivity contribution in [2.24, 2.45) is 0 Å². The van der Waals surface area contributed by atoms with Gasteiger partial charge in [0.1, 0.15) is 63.6 Å². The van der Waals surface area contributed by atoms with E-state index in [4.69, 9.17) is 48.7 Å². The van der Waals surface area contributed by atoms with Crippen molar-refractivity contribution in [1.82, 2.24) is 20.0 Å². The molecule has 206 valence electrons. The van der Waals surface area contributed by atoms with Gasteiger partial charge in [0.25, 0.3) is 0 Å². The summed E-state index contributed by atoms with van der Waals surface area (Å²) in [6.45, 7) is -0.678. The quantitative estimate of drug-likeness (QED) is 0.205. The van der Waals surface area contributed by atoms with E-state index in [9.17, 15) is 19.0 Å². The average molecular weight is 620 g/mol. The van der Waals surface area contributed by atoms with Crippen LogP contribution in [0, 0.1) is 11.6 Å². The normalized spacial score (nSPS) is 25.2. The summed E-state index contributed by atoms with van der Waals surface area (Å²) >= 11 is 22.8. The summed E-state index contributed by atoms with van der Waals surface area (Å²) in [6.07, 6.45) is 0.153. The van der Waals surface area contributed by atoms with Gasteiger partial charge in [-0.2, -0.15) is 0 Å². The number of halogens is 5. The summed E-state index contributed by atoms with van der Waals surface area (Å²) in [5.74, 6) is -1.98. The number of aliphatic hydroxyl groups is 2. The smallest absolute Gasteiger partial charge is 0.180 e. The van der Waals surface area contributed by atoms with Crippen LogP contribution in [0.1, 0.15) is 11.3 Å². The van der Waals surface area contributed by atoms with Crippen LogP contribution in [0.2, 0.25) is 15.1 Å². The molecule has 1 aliphatic heterocycles. The molecule has 2 aromatic heterocycles. The highest BCUT2D eigenvalue weighted by Crippen LogP contribution is 2.46. The van der Waals surface area contributed by atoms with E-state index in [0.717, 1.165) is 12.1 Å². The first kappa shape index (κ1) is 28.2. The number of oxazole rings is 1. The first-order valence-corrected chi connectivity index (χ1v) is 13.0. The standard InChI is InChI=1S/C24H19Cl3F2N4O5S/c25-14-2-1-12(5-15(14)26)24(33-6-18(31-32-33)11-3-16(28)20(27)17(29)4-11)21(35)19(7-34)38-23(39)22(24)37-9-13-8-36-10-30-13/h1-6,8,10,19,21-23,34-35,39H,7,9H2/t19-,21+,22+,23-,24+/m0/s1. The minimum absolute atomic E-state index is 0.0349. The topological polar surface area (TPSA) is 116 Å². The number of aromatic nitrogens is 4. The van der Waals surface area contributed by atoms with Crippen molar-refractivity contribution >= 4 is 47.4 Å². The fourth-order valence-electron chi connectivity index (χ4n) is 4.59. The van der Waals surface area contributed by atoms with E-state index in [1.165, 1.54) is 35.7 Å². The number of hydrogen-bond acceptors (Lipinski definition) is 9. The molecule has 15 heteroatoms. The van der Waals surface area contributed by atoms with E-state index >= 15 is 0 Å². The van der Waals surface area contributed by atoms with E-state index in [1.807, 2.05) is 0 Å². The van der Waals surface area contributed by atoms with Gasteiger partial charge in [-0.05, 0) is 29.8 Å². The minimum atomic E-state index is -1.70. The van der Waals surface area contributed by atoms with Gasteiger partial charge in [-0.1, -0.05) is 46.1 Å². The molecule has 1 fully saturated rings. The van der Waals surface area contributed by atoms with Gasteiger partial charge in [-0.15, -0.1) is 17.7 Å². The maximum atomic E-state index is 14.2. The van der Waals surface area contributed by atoms with E-state index in [-0.39, 0.29) is 27.9 Å². The molecule has 0 bridgehead atoms. The average Bonchev–Trinajstić information content (AvgIpc) is 3.62. The van der Waals surface area contributed by atoms with Crippen molar-refractivity contribution in [3.63, 3.8) is 0 Å². The van der Waals surface area contributed by atoms with Gasteiger partial charge < -0.3 is 24.1 Å². The molecule has 5 atom stereocenters. The number of nitrogens with zero attached hydrogens (tertiary/aromatic N) is 4. The summed E-state index contributed by atoms with van der Waals surface area (Å²) in [7, 11) is 0. The van der Waals surface area contributed by atoms with Crippen LogP contribution in [-0.4, -0.2) is 60.5 Å². The molecule has 1 saturated heterocycles. The Balaban J connectivity index is 1.71. The lowest BCUT2D eigenvalue weighted by Gasteiger charge is -2.51. The zero-order chi connectivity index (χ0) is 27.9. The predicted octanol–water partition coefficient (Wildman–Crippen LogP) is 4.51. The molecule has 3 heterocycles. The number of benzene rings is 2. The molecule has 0 unspecified atom stereocenters. The van der Waals surface area contributed by atoms with Crippen molar-refractivity contribution in [1.29, 1.82) is 0 Å². The molecule has 2 N–H and O–H groups in total. The van der Waals surface area contributed by atoms with Crippen molar-refractivity contribution in [3.05, 3.63) is 87.1 Å². The van der Waals surface area contributed by atoms with Crippen LogP contribution in [0.3, 0.4) is 0 Å². The maximum absolute atomic E-state index is 14.2. The second-order valence-electron chi connectivity index (χ2n) is 8.66. The van der Waals surface area contributed by atoms with Gasteiger partial charge in [0.15, 0.2) is 6.39 Å². The molecular weight excluding hydrogens is 601 g/mol. The van der Waals surface area contributed by atoms with Crippen molar-refractivity contribution < 1.29 is 32.9 Å². The molecule has 0 amide bonds.